The molecule has 1 aliphatic carbocycles. The summed E-state index contributed by atoms with van der Waals surface area (Å²) in [7, 11) is 2.24. The van der Waals surface area contributed by atoms with Crippen LogP contribution in [0.2, 0.25) is 0 Å². The molecule has 0 saturated carbocycles. The SMILES string of the molecule is [CH2][C@@H]1C=C2c3cccc4c3c(cn4Cc3ccccc3)C[C@H]2N(C)C1. The molecule has 2 nitrogen and oxygen atoms in total. The van der Waals surface area contributed by atoms with Crippen molar-refractivity contribution in [2.24, 2.45) is 5.92 Å². The average molecular weight is 327 g/mol. The highest BCUT2D eigenvalue weighted by molar-refractivity contribution is 5.98. The van der Waals surface area contributed by atoms with Crippen molar-refractivity contribution in [2.45, 2.75) is 19.0 Å². The first-order chi connectivity index (χ1) is 12.2. The van der Waals surface area contributed by atoms with Gasteiger partial charge in [0.15, 0.2) is 0 Å². The summed E-state index contributed by atoms with van der Waals surface area (Å²) in [6.45, 7) is 6.27. The van der Waals surface area contributed by atoms with Crippen LogP contribution in [-0.4, -0.2) is 29.1 Å². The highest BCUT2D eigenvalue weighted by atomic mass is 15.1. The molecule has 25 heavy (non-hydrogen) atoms. The molecule has 0 bridgehead atoms. The van der Waals surface area contributed by atoms with Crippen LogP contribution in [0.5, 0.6) is 0 Å². The summed E-state index contributed by atoms with van der Waals surface area (Å²) in [5, 5.41) is 1.45. The lowest BCUT2D eigenvalue weighted by Gasteiger charge is -2.39. The summed E-state index contributed by atoms with van der Waals surface area (Å²) in [5.41, 5.74) is 7.07. The maximum Gasteiger partial charge on any atom is 0.0492 e. The van der Waals surface area contributed by atoms with E-state index >= 15 is 0 Å². The van der Waals surface area contributed by atoms with Crippen molar-refractivity contribution in [1.82, 2.24) is 9.47 Å². The maximum absolute atomic E-state index is 4.30. The second-order valence-electron chi connectivity index (χ2n) is 7.51. The first-order valence-electron chi connectivity index (χ1n) is 9.11. The first kappa shape index (κ1) is 15.0. The molecule has 0 unspecified atom stereocenters. The van der Waals surface area contributed by atoms with E-state index in [-0.39, 0.29) is 0 Å². The molecule has 1 radical (unpaired) electrons. The van der Waals surface area contributed by atoms with E-state index in [1.807, 2.05) is 0 Å². The minimum atomic E-state index is 0.375. The topological polar surface area (TPSA) is 8.17 Å². The van der Waals surface area contributed by atoms with Crippen LogP contribution in [-0.2, 0) is 13.0 Å². The molecule has 0 spiro atoms. The van der Waals surface area contributed by atoms with Crippen LogP contribution >= 0.6 is 0 Å². The Balaban J connectivity index is 1.67. The largest absolute Gasteiger partial charge is 0.343 e. The van der Waals surface area contributed by atoms with Crippen LogP contribution in [0.25, 0.3) is 16.5 Å². The number of aromatic nitrogens is 1. The lowest BCUT2D eigenvalue weighted by molar-refractivity contribution is 0.260. The van der Waals surface area contributed by atoms with Gasteiger partial charge in [-0.05, 0) is 54.6 Å². The lowest BCUT2D eigenvalue weighted by Crippen LogP contribution is -2.41. The summed E-state index contributed by atoms with van der Waals surface area (Å²) in [4.78, 5) is 2.48. The number of hydrogen-bond donors (Lipinski definition) is 0. The normalized spacial score (nSPS) is 22.7. The third kappa shape index (κ3) is 2.36. The van der Waals surface area contributed by atoms with E-state index in [1.165, 1.54) is 33.2 Å². The molecule has 125 valence electrons. The second-order valence-corrected chi connectivity index (χ2v) is 7.51. The van der Waals surface area contributed by atoms with Gasteiger partial charge in [-0.2, -0.15) is 0 Å². The third-order valence-electron chi connectivity index (χ3n) is 5.73. The van der Waals surface area contributed by atoms with Crippen molar-refractivity contribution in [3.63, 3.8) is 0 Å². The number of hydrogen-bond acceptors (Lipinski definition) is 1. The Labute approximate surface area is 149 Å². The molecule has 0 amide bonds. The lowest BCUT2D eigenvalue weighted by atomic mass is 9.80. The van der Waals surface area contributed by atoms with E-state index in [1.54, 1.807) is 0 Å². The number of rotatable bonds is 2. The van der Waals surface area contributed by atoms with Gasteiger partial charge in [0, 0.05) is 36.2 Å². The number of nitrogens with zero attached hydrogens (tertiary/aromatic N) is 2. The Morgan fingerprint density at radius 3 is 2.76 bits per heavy atom. The predicted octanol–water partition coefficient (Wildman–Crippen LogP) is 4.39. The van der Waals surface area contributed by atoms with Crippen LogP contribution in [0.4, 0.5) is 0 Å². The molecule has 0 N–H and O–H groups in total. The molecule has 1 aromatic heterocycles. The van der Waals surface area contributed by atoms with Gasteiger partial charge in [0.1, 0.15) is 0 Å². The van der Waals surface area contributed by atoms with Crippen LogP contribution in [0, 0.1) is 12.8 Å². The molecule has 2 heteroatoms. The van der Waals surface area contributed by atoms with Gasteiger partial charge in [0.25, 0.3) is 0 Å². The minimum Gasteiger partial charge on any atom is -0.343 e. The zero-order chi connectivity index (χ0) is 17.0. The summed E-state index contributed by atoms with van der Waals surface area (Å²) >= 11 is 0. The van der Waals surface area contributed by atoms with E-state index in [0.29, 0.717) is 12.0 Å². The van der Waals surface area contributed by atoms with Gasteiger partial charge in [-0.1, -0.05) is 48.5 Å². The van der Waals surface area contributed by atoms with Gasteiger partial charge in [-0.15, -0.1) is 0 Å². The fourth-order valence-corrected chi connectivity index (χ4v) is 4.64. The molecule has 3 aromatic rings. The highest BCUT2D eigenvalue weighted by Crippen LogP contribution is 2.41. The molecule has 1 aliphatic heterocycles. The summed E-state index contributed by atoms with van der Waals surface area (Å²) in [5.74, 6) is 0.375. The van der Waals surface area contributed by atoms with Crippen molar-refractivity contribution >= 4 is 16.5 Å². The molecular weight excluding hydrogens is 304 g/mol. The number of fused-ring (bicyclic) bond motifs is 2. The van der Waals surface area contributed by atoms with Crippen molar-refractivity contribution in [3.8, 4) is 0 Å². The Hall–Kier alpha value is -2.32. The van der Waals surface area contributed by atoms with E-state index < -0.39 is 0 Å². The Morgan fingerprint density at radius 2 is 1.92 bits per heavy atom. The Bertz CT molecular complexity index is 964. The Morgan fingerprint density at radius 1 is 1.08 bits per heavy atom. The van der Waals surface area contributed by atoms with Crippen molar-refractivity contribution in [2.75, 3.05) is 13.6 Å². The summed E-state index contributed by atoms with van der Waals surface area (Å²) < 4.78 is 2.42. The van der Waals surface area contributed by atoms with Gasteiger partial charge < -0.3 is 4.57 Å². The third-order valence-corrected chi connectivity index (χ3v) is 5.73. The summed E-state index contributed by atoms with van der Waals surface area (Å²) in [6, 6.07) is 18.0. The molecule has 0 fully saturated rings. The molecule has 2 atom stereocenters. The van der Waals surface area contributed by atoms with E-state index in [9.17, 15) is 0 Å². The fraction of sp³-hybridized carbons (Fsp3) is 0.261. The van der Waals surface area contributed by atoms with Crippen LogP contribution in [0.1, 0.15) is 16.7 Å². The van der Waals surface area contributed by atoms with Gasteiger partial charge >= 0.3 is 0 Å². The average Bonchev–Trinajstić information content (AvgIpc) is 2.96. The molecule has 5 rings (SSSR count). The van der Waals surface area contributed by atoms with Crippen molar-refractivity contribution < 1.29 is 0 Å². The predicted molar refractivity (Wildman–Crippen MR) is 104 cm³/mol. The maximum atomic E-state index is 4.30. The monoisotopic (exact) mass is 327 g/mol. The van der Waals surface area contributed by atoms with Crippen LogP contribution < -0.4 is 0 Å². The van der Waals surface area contributed by atoms with Gasteiger partial charge in [0.2, 0.25) is 0 Å². The zero-order valence-electron chi connectivity index (χ0n) is 14.7. The quantitative estimate of drug-likeness (QED) is 0.677. The molecule has 2 heterocycles. The standard InChI is InChI=1S/C23H23N2/c1-16-11-20-19-9-6-10-21-23(19)18(12-22(20)24(2)13-16)15-25(21)14-17-7-4-3-5-8-17/h3-11,15-16,22H,1,12-14H2,2H3/t16-,22-/m1/s1. The van der Waals surface area contributed by atoms with E-state index in [2.05, 4.69) is 84.2 Å². The van der Waals surface area contributed by atoms with Gasteiger partial charge in [-0.3, -0.25) is 4.90 Å². The van der Waals surface area contributed by atoms with Gasteiger partial charge in [0.05, 0.1) is 0 Å². The minimum absolute atomic E-state index is 0.375. The van der Waals surface area contributed by atoms with Crippen molar-refractivity contribution in [3.05, 3.63) is 84.4 Å². The number of benzene rings is 2. The molecular formula is C23H23N2. The smallest absolute Gasteiger partial charge is 0.0492 e. The Kier molecular flexibility index (Phi) is 3.36. The molecule has 2 aromatic carbocycles. The number of likely N-dealkylation sites (N-methyl/N-ethyl adjacent to an activating group) is 1. The van der Waals surface area contributed by atoms with Crippen molar-refractivity contribution in [1.29, 1.82) is 0 Å². The first-order valence-corrected chi connectivity index (χ1v) is 9.11. The van der Waals surface area contributed by atoms with Crippen LogP contribution in [0.15, 0.2) is 60.8 Å². The van der Waals surface area contributed by atoms with Gasteiger partial charge in [-0.25, -0.2) is 0 Å². The fourth-order valence-electron chi connectivity index (χ4n) is 4.64. The zero-order valence-corrected chi connectivity index (χ0v) is 14.7. The highest BCUT2D eigenvalue weighted by Gasteiger charge is 2.33. The second kappa shape index (κ2) is 5.60. The van der Waals surface area contributed by atoms with E-state index in [4.69, 9.17) is 0 Å². The summed E-state index contributed by atoms with van der Waals surface area (Å²) in [6.07, 6.45) is 5.88. The molecule has 0 saturated heterocycles. The van der Waals surface area contributed by atoms with Crippen LogP contribution in [0.3, 0.4) is 0 Å². The van der Waals surface area contributed by atoms with E-state index in [0.717, 1.165) is 19.5 Å². The molecule has 2 aliphatic rings.